The van der Waals surface area contributed by atoms with Gasteiger partial charge in [0.15, 0.2) is 0 Å². The number of anilines is 2. The number of nitrogens with zero attached hydrogens (tertiary/aromatic N) is 1. The Morgan fingerprint density at radius 3 is 2.82 bits per heavy atom. The summed E-state index contributed by atoms with van der Waals surface area (Å²) in [5, 5.41) is 0.730. The number of hydrogen-bond donors (Lipinski definition) is 1. The standard InChI is InChI=1S/C13H19ClN2O/c1-16(9-10-4-6-17-7-5-10)13-8-11(14)2-3-12(13)15/h2-3,8,10H,4-7,9,15H2,1H3. The summed E-state index contributed by atoms with van der Waals surface area (Å²) in [6.07, 6.45) is 2.26. The summed E-state index contributed by atoms with van der Waals surface area (Å²) in [5.74, 6) is 0.687. The maximum Gasteiger partial charge on any atom is 0.0612 e. The van der Waals surface area contributed by atoms with Crippen LogP contribution >= 0.6 is 11.6 Å². The van der Waals surface area contributed by atoms with Crippen molar-refractivity contribution < 1.29 is 4.74 Å². The molecule has 1 fully saturated rings. The monoisotopic (exact) mass is 254 g/mol. The lowest BCUT2D eigenvalue weighted by Crippen LogP contribution is -2.29. The van der Waals surface area contributed by atoms with Gasteiger partial charge in [-0.15, -0.1) is 0 Å². The van der Waals surface area contributed by atoms with Crippen LogP contribution in [0.5, 0.6) is 0 Å². The van der Waals surface area contributed by atoms with Crippen molar-refractivity contribution in [2.24, 2.45) is 5.92 Å². The van der Waals surface area contributed by atoms with E-state index in [1.807, 2.05) is 18.2 Å². The van der Waals surface area contributed by atoms with Gasteiger partial charge in [0.05, 0.1) is 11.4 Å². The van der Waals surface area contributed by atoms with Crippen molar-refractivity contribution in [1.29, 1.82) is 0 Å². The van der Waals surface area contributed by atoms with Gasteiger partial charge in [-0.2, -0.15) is 0 Å². The second kappa shape index (κ2) is 5.61. The van der Waals surface area contributed by atoms with Crippen molar-refractivity contribution in [2.45, 2.75) is 12.8 Å². The molecule has 1 saturated heterocycles. The highest BCUT2D eigenvalue weighted by Crippen LogP contribution is 2.27. The van der Waals surface area contributed by atoms with Crippen LogP contribution < -0.4 is 10.6 Å². The van der Waals surface area contributed by atoms with Crippen LogP contribution in [0.2, 0.25) is 5.02 Å². The van der Waals surface area contributed by atoms with Gasteiger partial charge in [-0.25, -0.2) is 0 Å². The SMILES string of the molecule is CN(CC1CCOCC1)c1cc(Cl)ccc1N. The molecule has 1 aliphatic rings. The molecular formula is C13H19ClN2O. The van der Waals surface area contributed by atoms with Crippen molar-refractivity contribution in [3.8, 4) is 0 Å². The van der Waals surface area contributed by atoms with Crippen molar-refractivity contribution in [3.05, 3.63) is 23.2 Å². The van der Waals surface area contributed by atoms with Crippen molar-refractivity contribution >= 4 is 23.0 Å². The van der Waals surface area contributed by atoms with Crippen LogP contribution in [0.1, 0.15) is 12.8 Å². The number of benzene rings is 1. The second-order valence-electron chi connectivity index (χ2n) is 4.64. The fraction of sp³-hybridized carbons (Fsp3) is 0.538. The molecule has 0 spiro atoms. The predicted octanol–water partition coefficient (Wildman–Crippen LogP) is 2.79. The van der Waals surface area contributed by atoms with Gasteiger partial charge >= 0.3 is 0 Å². The van der Waals surface area contributed by atoms with E-state index in [1.165, 1.54) is 0 Å². The van der Waals surface area contributed by atoms with E-state index in [2.05, 4.69) is 11.9 Å². The molecule has 1 aromatic carbocycles. The van der Waals surface area contributed by atoms with Gasteiger partial charge in [-0.3, -0.25) is 0 Å². The minimum absolute atomic E-state index is 0.687. The molecule has 0 saturated carbocycles. The van der Waals surface area contributed by atoms with Gasteiger partial charge in [0.25, 0.3) is 0 Å². The lowest BCUT2D eigenvalue weighted by atomic mass is 9.99. The molecule has 1 aromatic rings. The van der Waals surface area contributed by atoms with E-state index in [0.717, 1.165) is 49.0 Å². The summed E-state index contributed by atoms with van der Waals surface area (Å²) < 4.78 is 5.37. The van der Waals surface area contributed by atoms with E-state index in [1.54, 1.807) is 0 Å². The molecule has 0 bridgehead atoms. The number of hydrogen-bond acceptors (Lipinski definition) is 3. The molecule has 94 valence electrons. The zero-order valence-corrected chi connectivity index (χ0v) is 10.9. The number of rotatable bonds is 3. The Hall–Kier alpha value is -0.930. The Kier molecular flexibility index (Phi) is 4.13. The Labute approximate surface area is 107 Å². The molecule has 1 aliphatic heterocycles. The summed E-state index contributed by atoms with van der Waals surface area (Å²) in [6.45, 7) is 2.76. The zero-order valence-electron chi connectivity index (χ0n) is 10.2. The highest BCUT2D eigenvalue weighted by atomic mass is 35.5. The molecule has 0 amide bonds. The van der Waals surface area contributed by atoms with E-state index in [-0.39, 0.29) is 0 Å². The molecule has 4 heteroatoms. The molecule has 0 aliphatic carbocycles. The van der Waals surface area contributed by atoms with E-state index in [4.69, 9.17) is 22.1 Å². The predicted molar refractivity (Wildman–Crippen MR) is 72.7 cm³/mol. The van der Waals surface area contributed by atoms with Crippen LogP contribution in [-0.2, 0) is 4.74 Å². The molecular weight excluding hydrogens is 236 g/mol. The van der Waals surface area contributed by atoms with E-state index in [0.29, 0.717) is 5.92 Å². The van der Waals surface area contributed by atoms with Gasteiger partial charge in [0.2, 0.25) is 0 Å². The fourth-order valence-corrected chi connectivity index (χ4v) is 2.43. The third kappa shape index (κ3) is 3.27. The van der Waals surface area contributed by atoms with Gasteiger partial charge in [0.1, 0.15) is 0 Å². The van der Waals surface area contributed by atoms with Crippen molar-refractivity contribution in [2.75, 3.05) is 37.4 Å². The molecule has 17 heavy (non-hydrogen) atoms. The molecule has 0 radical (unpaired) electrons. The molecule has 1 heterocycles. The molecule has 2 rings (SSSR count). The molecule has 0 unspecified atom stereocenters. The van der Waals surface area contributed by atoms with Crippen LogP contribution in [0.15, 0.2) is 18.2 Å². The van der Waals surface area contributed by atoms with Gasteiger partial charge in [0, 0.05) is 31.8 Å². The van der Waals surface area contributed by atoms with Crippen LogP contribution in [0.3, 0.4) is 0 Å². The third-order valence-electron chi connectivity index (χ3n) is 3.28. The van der Waals surface area contributed by atoms with Crippen LogP contribution in [0.25, 0.3) is 0 Å². The largest absolute Gasteiger partial charge is 0.397 e. The van der Waals surface area contributed by atoms with E-state index < -0.39 is 0 Å². The smallest absolute Gasteiger partial charge is 0.0612 e. The topological polar surface area (TPSA) is 38.5 Å². The van der Waals surface area contributed by atoms with Crippen molar-refractivity contribution in [3.63, 3.8) is 0 Å². The highest BCUT2D eigenvalue weighted by molar-refractivity contribution is 6.31. The number of nitrogens with two attached hydrogens (primary N) is 1. The minimum atomic E-state index is 0.687. The number of ether oxygens (including phenoxy) is 1. The summed E-state index contributed by atoms with van der Waals surface area (Å²) in [6, 6.07) is 5.61. The zero-order chi connectivity index (χ0) is 12.3. The first-order valence-corrected chi connectivity index (χ1v) is 6.38. The summed E-state index contributed by atoms with van der Waals surface area (Å²) in [5.41, 5.74) is 7.77. The van der Waals surface area contributed by atoms with Gasteiger partial charge < -0.3 is 15.4 Å². The lowest BCUT2D eigenvalue weighted by molar-refractivity contribution is 0.0685. The van der Waals surface area contributed by atoms with Gasteiger partial charge in [-0.05, 0) is 37.0 Å². The van der Waals surface area contributed by atoms with Crippen LogP contribution in [-0.4, -0.2) is 26.8 Å². The highest BCUT2D eigenvalue weighted by Gasteiger charge is 2.17. The Morgan fingerprint density at radius 1 is 1.41 bits per heavy atom. The maximum atomic E-state index is 6.00. The first-order chi connectivity index (χ1) is 8.16. The van der Waals surface area contributed by atoms with E-state index in [9.17, 15) is 0 Å². The maximum absolute atomic E-state index is 6.00. The third-order valence-corrected chi connectivity index (χ3v) is 3.51. The Bertz CT molecular complexity index is 378. The lowest BCUT2D eigenvalue weighted by Gasteiger charge is -2.29. The average Bonchev–Trinajstić information content (AvgIpc) is 2.33. The summed E-state index contributed by atoms with van der Waals surface area (Å²) in [7, 11) is 2.07. The number of nitrogen functional groups attached to an aromatic ring is 1. The summed E-state index contributed by atoms with van der Waals surface area (Å²) >= 11 is 6.00. The Morgan fingerprint density at radius 2 is 2.12 bits per heavy atom. The number of halogens is 1. The normalized spacial score (nSPS) is 17.1. The average molecular weight is 255 g/mol. The molecule has 2 N–H and O–H groups in total. The van der Waals surface area contributed by atoms with Crippen LogP contribution in [0.4, 0.5) is 11.4 Å². The molecule has 0 atom stereocenters. The van der Waals surface area contributed by atoms with Crippen LogP contribution in [0, 0.1) is 5.92 Å². The van der Waals surface area contributed by atoms with E-state index >= 15 is 0 Å². The van der Waals surface area contributed by atoms with Crippen molar-refractivity contribution in [1.82, 2.24) is 0 Å². The molecule has 0 aromatic heterocycles. The minimum Gasteiger partial charge on any atom is -0.397 e. The molecule has 3 nitrogen and oxygen atoms in total. The Balaban J connectivity index is 2.02. The van der Waals surface area contributed by atoms with Gasteiger partial charge in [-0.1, -0.05) is 11.6 Å². The first kappa shape index (κ1) is 12.5. The quantitative estimate of drug-likeness (QED) is 0.843. The second-order valence-corrected chi connectivity index (χ2v) is 5.08. The first-order valence-electron chi connectivity index (χ1n) is 6.00. The fourth-order valence-electron chi connectivity index (χ4n) is 2.26. The summed E-state index contributed by atoms with van der Waals surface area (Å²) in [4.78, 5) is 2.19.